The summed E-state index contributed by atoms with van der Waals surface area (Å²) in [5.41, 5.74) is -1.10. The quantitative estimate of drug-likeness (QED) is 0.761. The third-order valence-electron chi connectivity index (χ3n) is 4.47. The number of halogens is 3. The Morgan fingerprint density at radius 1 is 1.20 bits per heavy atom. The van der Waals surface area contributed by atoms with Crippen LogP contribution in [0.3, 0.4) is 0 Å². The minimum atomic E-state index is -4.51. The van der Waals surface area contributed by atoms with Crippen molar-refractivity contribution in [2.24, 2.45) is 0 Å². The van der Waals surface area contributed by atoms with E-state index in [1.807, 2.05) is 0 Å². The molecule has 0 atom stereocenters. The van der Waals surface area contributed by atoms with Crippen LogP contribution in [0.5, 0.6) is 0 Å². The predicted octanol–water partition coefficient (Wildman–Crippen LogP) is 4.06. The number of hydrogen-bond acceptors (Lipinski definition) is 4. The van der Waals surface area contributed by atoms with Gasteiger partial charge in [-0.1, -0.05) is 6.42 Å². The van der Waals surface area contributed by atoms with Gasteiger partial charge in [-0.05, 0) is 40.0 Å². The molecule has 0 aromatic carbocycles. The second kappa shape index (κ2) is 6.14. The largest absolute Gasteiger partial charge is 0.444 e. The molecule has 8 heteroatoms. The van der Waals surface area contributed by atoms with Gasteiger partial charge < -0.3 is 9.64 Å². The highest BCUT2D eigenvalue weighted by Gasteiger charge is 2.40. The molecule has 0 saturated heterocycles. The SMILES string of the molecule is CC(C)(C)OC(=O)N1CCc2c(nc(C3CCC3)nc2C(F)(F)F)C1. The lowest BCUT2D eigenvalue weighted by molar-refractivity contribution is -0.142. The van der Waals surface area contributed by atoms with Crippen LogP contribution in [0.25, 0.3) is 0 Å². The summed E-state index contributed by atoms with van der Waals surface area (Å²) < 4.78 is 45.6. The molecule has 0 N–H and O–H groups in total. The van der Waals surface area contributed by atoms with Crippen molar-refractivity contribution in [1.29, 1.82) is 0 Å². The maximum absolute atomic E-state index is 13.4. The summed E-state index contributed by atoms with van der Waals surface area (Å²) in [6, 6.07) is 0. The van der Waals surface area contributed by atoms with E-state index in [1.54, 1.807) is 20.8 Å². The zero-order chi connectivity index (χ0) is 18.4. The third-order valence-corrected chi connectivity index (χ3v) is 4.47. The van der Waals surface area contributed by atoms with Crippen molar-refractivity contribution < 1.29 is 22.7 Å². The van der Waals surface area contributed by atoms with Crippen molar-refractivity contribution in [1.82, 2.24) is 14.9 Å². The molecule has 138 valence electrons. The Kier molecular flexibility index (Phi) is 4.41. The molecule has 1 aromatic rings. The first kappa shape index (κ1) is 17.9. The highest BCUT2D eigenvalue weighted by molar-refractivity contribution is 5.68. The van der Waals surface area contributed by atoms with E-state index < -0.39 is 23.6 Å². The minimum absolute atomic E-state index is 0.0108. The highest BCUT2D eigenvalue weighted by Crippen LogP contribution is 2.39. The zero-order valence-electron chi connectivity index (χ0n) is 14.6. The lowest BCUT2D eigenvalue weighted by atomic mass is 9.84. The Morgan fingerprint density at radius 2 is 1.88 bits per heavy atom. The topological polar surface area (TPSA) is 55.3 Å². The van der Waals surface area contributed by atoms with Crippen molar-refractivity contribution in [3.63, 3.8) is 0 Å². The van der Waals surface area contributed by atoms with Gasteiger partial charge in [0.05, 0.1) is 12.2 Å². The van der Waals surface area contributed by atoms with Crippen LogP contribution in [0.4, 0.5) is 18.0 Å². The predicted molar refractivity (Wildman–Crippen MR) is 84.0 cm³/mol. The molecule has 2 heterocycles. The standard InChI is InChI=1S/C17H22F3N3O2/c1-16(2,3)25-15(24)23-8-7-11-12(9-23)21-14(10-5-4-6-10)22-13(11)17(18,19)20/h10H,4-9H2,1-3H3. The average molecular weight is 357 g/mol. The summed E-state index contributed by atoms with van der Waals surface area (Å²) in [6.07, 6.45) is -2.36. The molecular weight excluding hydrogens is 335 g/mol. The maximum Gasteiger partial charge on any atom is 0.433 e. The third kappa shape index (κ3) is 3.88. The van der Waals surface area contributed by atoms with Gasteiger partial charge in [0, 0.05) is 18.0 Å². The molecule has 0 unspecified atom stereocenters. The van der Waals surface area contributed by atoms with Gasteiger partial charge in [-0.15, -0.1) is 0 Å². The van der Waals surface area contributed by atoms with Crippen LogP contribution in [0.1, 0.15) is 68.7 Å². The van der Waals surface area contributed by atoms with Crippen LogP contribution < -0.4 is 0 Å². The number of carbonyl (C=O) groups is 1. The van der Waals surface area contributed by atoms with Crippen molar-refractivity contribution >= 4 is 6.09 Å². The van der Waals surface area contributed by atoms with Gasteiger partial charge in [0.25, 0.3) is 0 Å². The molecule has 0 bridgehead atoms. The number of ether oxygens (including phenoxy) is 1. The van der Waals surface area contributed by atoms with Crippen LogP contribution in [-0.4, -0.2) is 33.1 Å². The molecule has 1 aliphatic carbocycles. The Morgan fingerprint density at radius 3 is 2.40 bits per heavy atom. The fourth-order valence-corrected chi connectivity index (χ4v) is 3.02. The molecule has 1 fully saturated rings. The lowest BCUT2D eigenvalue weighted by Gasteiger charge is -2.32. The summed E-state index contributed by atoms with van der Waals surface area (Å²) in [5, 5.41) is 0. The Hall–Kier alpha value is -1.86. The molecule has 1 amide bonds. The molecule has 5 nitrogen and oxygen atoms in total. The van der Waals surface area contributed by atoms with Gasteiger partial charge in [0.1, 0.15) is 11.4 Å². The number of amides is 1. The van der Waals surface area contributed by atoms with Crippen molar-refractivity contribution in [3.05, 3.63) is 22.8 Å². The molecule has 1 aromatic heterocycles. The van der Waals surface area contributed by atoms with Crippen molar-refractivity contribution in [2.75, 3.05) is 6.54 Å². The van der Waals surface area contributed by atoms with Crippen LogP contribution in [-0.2, 0) is 23.9 Å². The second-order valence-electron chi connectivity index (χ2n) is 7.63. The summed E-state index contributed by atoms with van der Waals surface area (Å²) >= 11 is 0. The van der Waals surface area contributed by atoms with Gasteiger partial charge in [-0.2, -0.15) is 13.2 Å². The van der Waals surface area contributed by atoms with E-state index in [0.717, 1.165) is 19.3 Å². The van der Waals surface area contributed by atoms with Gasteiger partial charge in [0.2, 0.25) is 0 Å². The van der Waals surface area contributed by atoms with E-state index >= 15 is 0 Å². The molecular formula is C17H22F3N3O2. The first-order chi connectivity index (χ1) is 11.5. The number of nitrogens with zero attached hydrogens (tertiary/aromatic N) is 3. The van der Waals surface area contributed by atoms with Gasteiger partial charge >= 0.3 is 12.3 Å². The summed E-state index contributed by atoms with van der Waals surface area (Å²) in [6.45, 7) is 5.44. The second-order valence-corrected chi connectivity index (χ2v) is 7.63. The minimum Gasteiger partial charge on any atom is -0.444 e. The number of aromatic nitrogens is 2. The van der Waals surface area contributed by atoms with Crippen LogP contribution in [0, 0.1) is 0 Å². The van der Waals surface area contributed by atoms with E-state index in [4.69, 9.17) is 4.74 Å². The van der Waals surface area contributed by atoms with Gasteiger partial charge in [-0.25, -0.2) is 14.8 Å². The summed E-state index contributed by atoms with van der Waals surface area (Å²) in [7, 11) is 0. The molecule has 3 rings (SSSR count). The van der Waals surface area contributed by atoms with E-state index in [9.17, 15) is 18.0 Å². The number of fused-ring (bicyclic) bond motifs is 1. The Balaban J connectivity index is 1.91. The lowest BCUT2D eigenvalue weighted by Crippen LogP contribution is -2.41. The number of alkyl halides is 3. The monoisotopic (exact) mass is 357 g/mol. The fourth-order valence-electron chi connectivity index (χ4n) is 3.02. The van der Waals surface area contributed by atoms with Gasteiger partial charge in [0.15, 0.2) is 5.69 Å². The van der Waals surface area contributed by atoms with E-state index in [0.29, 0.717) is 5.69 Å². The first-order valence-corrected chi connectivity index (χ1v) is 8.49. The fraction of sp³-hybridized carbons (Fsp3) is 0.706. The molecule has 1 saturated carbocycles. The maximum atomic E-state index is 13.4. The van der Waals surface area contributed by atoms with E-state index in [-0.39, 0.29) is 36.8 Å². The van der Waals surface area contributed by atoms with Crippen LogP contribution in [0.15, 0.2) is 0 Å². The highest BCUT2D eigenvalue weighted by atomic mass is 19.4. The van der Waals surface area contributed by atoms with E-state index in [2.05, 4.69) is 9.97 Å². The normalized spacial score (nSPS) is 18.6. The van der Waals surface area contributed by atoms with E-state index in [1.165, 1.54) is 4.90 Å². The Labute approximate surface area is 144 Å². The van der Waals surface area contributed by atoms with Gasteiger partial charge in [-0.3, -0.25) is 0 Å². The number of hydrogen-bond donors (Lipinski definition) is 0. The summed E-state index contributed by atoms with van der Waals surface area (Å²) in [4.78, 5) is 21.9. The van der Waals surface area contributed by atoms with Crippen molar-refractivity contribution in [3.8, 4) is 0 Å². The Bertz CT molecular complexity index is 679. The number of rotatable bonds is 1. The molecule has 0 radical (unpaired) electrons. The van der Waals surface area contributed by atoms with Crippen LogP contribution >= 0.6 is 0 Å². The first-order valence-electron chi connectivity index (χ1n) is 8.49. The van der Waals surface area contributed by atoms with Crippen LogP contribution in [0.2, 0.25) is 0 Å². The molecule has 2 aliphatic rings. The summed E-state index contributed by atoms with van der Waals surface area (Å²) in [5.74, 6) is 0.242. The molecule has 25 heavy (non-hydrogen) atoms. The molecule has 1 aliphatic heterocycles. The number of carbonyl (C=O) groups excluding carboxylic acids is 1. The average Bonchev–Trinajstić information content (AvgIpc) is 2.41. The zero-order valence-corrected chi connectivity index (χ0v) is 14.6. The molecule has 0 spiro atoms. The van der Waals surface area contributed by atoms with Crippen molar-refractivity contribution in [2.45, 2.75) is 70.7 Å². The smallest absolute Gasteiger partial charge is 0.433 e.